The van der Waals surface area contributed by atoms with Crippen LogP contribution in [-0.2, 0) is 14.3 Å². The van der Waals surface area contributed by atoms with Gasteiger partial charge in [-0.1, -0.05) is 0 Å². The molecule has 130 valence electrons. The summed E-state index contributed by atoms with van der Waals surface area (Å²) in [7, 11) is 0. The Morgan fingerprint density at radius 3 is 2.17 bits per heavy atom. The Morgan fingerprint density at radius 1 is 1.17 bits per heavy atom. The zero-order valence-electron chi connectivity index (χ0n) is 14.3. The molecule has 1 aromatic carbocycles. The summed E-state index contributed by atoms with van der Waals surface area (Å²) < 4.78 is 4.94. The van der Waals surface area contributed by atoms with E-state index in [1.54, 1.807) is 4.90 Å². The molecule has 1 rings (SSSR count). The highest BCUT2D eigenvalue weighted by atomic mass is 16.6. The summed E-state index contributed by atoms with van der Waals surface area (Å²) in [4.78, 5) is 35.4. The molecule has 0 N–H and O–H groups in total. The van der Waals surface area contributed by atoms with E-state index < -0.39 is 10.9 Å². The first kappa shape index (κ1) is 19.3. The number of esters is 1. The van der Waals surface area contributed by atoms with Crippen molar-refractivity contribution in [2.24, 2.45) is 0 Å². The van der Waals surface area contributed by atoms with Crippen LogP contribution in [0.25, 0.3) is 6.08 Å². The molecule has 0 radical (unpaired) electrons. The molecule has 0 heterocycles. The van der Waals surface area contributed by atoms with Crippen LogP contribution in [0.5, 0.6) is 0 Å². The molecule has 0 unspecified atom stereocenters. The molecule has 0 aliphatic rings. The molecule has 7 nitrogen and oxygen atoms in total. The summed E-state index contributed by atoms with van der Waals surface area (Å²) in [5.74, 6) is -0.897. The number of ether oxygens (including phenoxy) is 1. The summed E-state index contributed by atoms with van der Waals surface area (Å²) in [6, 6.07) is 5.77. The minimum absolute atomic E-state index is 0.0202. The summed E-state index contributed by atoms with van der Waals surface area (Å²) in [6.07, 6.45) is 2.66. The van der Waals surface area contributed by atoms with Crippen molar-refractivity contribution in [3.8, 4) is 0 Å². The van der Waals surface area contributed by atoms with Gasteiger partial charge in [0.1, 0.15) is 0 Å². The van der Waals surface area contributed by atoms with E-state index >= 15 is 0 Å². The fraction of sp³-hybridized carbons (Fsp3) is 0.412. The number of non-ortho nitro benzene ring substituents is 1. The first-order valence-corrected chi connectivity index (χ1v) is 7.62. The molecule has 0 saturated carbocycles. The van der Waals surface area contributed by atoms with Gasteiger partial charge in [0.2, 0.25) is 0 Å². The Balaban J connectivity index is 2.56. The van der Waals surface area contributed by atoms with E-state index in [1.165, 1.54) is 36.4 Å². The third kappa shape index (κ3) is 5.83. The van der Waals surface area contributed by atoms with Crippen LogP contribution in [0.1, 0.15) is 33.3 Å². The van der Waals surface area contributed by atoms with Gasteiger partial charge in [0.05, 0.1) is 4.92 Å². The van der Waals surface area contributed by atoms with Gasteiger partial charge >= 0.3 is 5.97 Å². The summed E-state index contributed by atoms with van der Waals surface area (Å²) in [5, 5.41) is 10.6. The topological polar surface area (TPSA) is 89.8 Å². The molecule has 7 heteroatoms. The lowest BCUT2D eigenvalue weighted by Gasteiger charge is -2.30. The average Bonchev–Trinajstić information content (AvgIpc) is 2.50. The van der Waals surface area contributed by atoms with Gasteiger partial charge in [-0.2, -0.15) is 0 Å². The largest absolute Gasteiger partial charge is 0.452 e. The number of nitrogens with zero attached hydrogens (tertiary/aromatic N) is 2. The van der Waals surface area contributed by atoms with E-state index in [0.29, 0.717) is 5.56 Å². The predicted molar refractivity (Wildman–Crippen MR) is 90.2 cm³/mol. The van der Waals surface area contributed by atoms with Crippen LogP contribution < -0.4 is 0 Å². The molecule has 1 aromatic rings. The maximum Gasteiger partial charge on any atom is 0.331 e. The van der Waals surface area contributed by atoms with Gasteiger partial charge in [-0.25, -0.2) is 4.79 Å². The van der Waals surface area contributed by atoms with Crippen molar-refractivity contribution in [2.45, 2.75) is 39.8 Å². The molecule has 0 aliphatic carbocycles. The van der Waals surface area contributed by atoms with Crippen LogP contribution in [0, 0.1) is 10.1 Å². The standard InChI is InChI=1S/C17H22N2O5/c1-12(2)18(13(3)4)16(20)11-24-17(21)10-7-14-5-8-15(9-6-14)19(22)23/h5-10,12-13H,11H2,1-4H3/b10-7+. The Labute approximate surface area is 141 Å². The Bertz CT molecular complexity index is 612. The number of carbonyl (C=O) groups is 2. The number of benzene rings is 1. The van der Waals surface area contributed by atoms with Gasteiger partial charge in [-0.05, 0) is 51.5 Å². The monoisotopic (exact) mass is 334 g/mol. The molecule has 0 saturated heterocycles. The first-order valence-electron chi connectivity index (χ1n) is 7.62. The van der Waals surface area contributed by atoms with E-state index in [-0.39, 0.29) is 30.3 Å². The van der Waals surface area contributed by atoms with Crippen molar-refractivity contribution >= 4 is 23.6 Å². The van der Waals surface area contributed by atoms with Gasteiger partial charge < -0.3 is 9.64 Å². The zero-order chi connectivity index (χ0) is 18.3. The molecule has 0 bridgehead atoms. The third-order valence-electron chi connectivity index (χ3n) is 3.25. The highest BCUT2D eigenvalue weighted by Gasteiger charge is 2.20. The molecule has 24 heavy (non-hydrogen) atoms. The van der Waals surface area contributed by atoms with Crippen molar-refractivity contribution in [1.82, 2.24) is 4.90 Å². The number of amides is 1. The van der Waals surface area contributed by atoms with Gasteiger partial charge in [0, 0.05) is 30.3 Å². The lowest BCUT2D eigenvalue weighted by Crippen LogP contribution is -2.44. The summed E-state index contributed by atoms with van der Waals surface area (Å²) >= 11 is 0. The zero-order valence-corrected chi connectivity index (χ0v) is 14.3. The van der Waals surface area contributed by atoms with E-state index in [2.05, 4.69) is 0 Å². The lowest BCUT2D eigenvalue weighted by molar-refractivity contribution is -0.384. The summed E-state index contributed by atoms with van der Waals surface area (Å²) in [5.41, 5.74) is 0.595. The molecule has 0 fully saturated rings. The minimum atomic E-state index is -0.644. The van der Waals surface area contributed by atoms with E-state index in [9.17, 15) is 19.7 Å². The normalized spacial score (nSPS) is 11.1. The molecule has 1 amide bonds. The maximum absolute atomic E-state index is 12.1. The molecule has 0 aliphatic heterocycles. The fourth-order valence-electron chi connectivity index (χ4n) is 2.30. The van der Waals surface area contributed by atoms with Crippen molar-refractivity contribution < 1.29 is 19.2 Å². The van der Waals surface area contributed by atoms with Crippen LogP contribution in [0.15, 0.2) is 30.3 Å². The fourth-order valence-corrected chi connectivity index (χ4v) is 2.30. The Hall–Kier alpha value is -2.70. The molecule has 0 spiro atoms. The molecule has 0 atom stereocenters. The maximum atomic E-state index is 12.1. The second-order valence-electron chi connectivity index (χ2n) is 5.78. The van der Waals surface area contributed by atoms with Crippen molar-refractivity contribution in [3.63, 3.8) is 0 Å². The molecular formula is C17H22N2O5. The number of rotatable bonds is 7. The molecule has 0 aromatic heterocycles. The first-order chi connectivity index (χ1) is 11.2. The Kier molecular flexibility index (Phi) is 7.10. The van der Waals surface area contributed by atoms with Crippen molar-refractivity contribution in [2.75, 3.05) is 6.61 Å². The number of hydrogen-bond donors (Lipinski definition) is 0. The minimum Gasteiger partial charge on any atom is -0.452 e. The highest BCUT2D eigenvalue weighted by Crippen LogP contribution is 2.13. The van der Waals surface area contributed by atoms with Gasteiger partial charge in [0.15, 0.2) is 6.61 Å². The van der Waals surface area contributed by atoms with Crippen LogP contribution >= 0.6 is 0 Å². The van der Waals surface area contributed by atoms with Crippen LogP contribution in [0.4, 0.5) is 5.69 Å². The van der Waals surface area contributed by atoms with E-state index in [4.69, 9.17) is 4.74 Å². The van der Waals surface area contributed by atoms with Gasteiger partial charge in [-0.3, -0.25) is 14.9 Å². The lowest BCUT2D eigenvalue weighted by atomic mass is 10.2. The predicted octanol–water partition coefficient (Wildman–Crippen LogP) is 2.80. The quantitative estimate of drug-likeness (QED) is 0.331. The SMILES string of the molecule is CC(C)N(C(=O)COC(=O)/C=C/c1ccc([N+](=O)[O-])cc1)C(C)C. The number of nitro groups is 1. The van der Waals surface area contributed by atoms with Crippen molar-refractivity contribution in [3.05, 3.63) is 46.0 Å². The smallest absolute Gasteiger partial charge is 0.331 e. The van der Waals surface area contributed by atoms with Gasteiger partial charge in [0.25, 0.3) is 11.6 Å². The van der Waals surface area contributed by atoms with Gasteiger partial charge in [-0.15, -0.1) is 0 Å². The van der Waals surface area contributed by atoms with Crippen LogP contribution in [0.2, 0.25) is 0 Å². The van der Waals surface area contributed by atoms with Crippen molar-refractivity contribution in [1.29, 1.82) is 0 Å². The number of nitro benzene ring substituents is 1. The second kappa shape index (κ2) is 8.81. The van der Waals surface area contributed by atoms with E-state index in [1.807, 2.05) is 27.7 Å². The Morgan fingerprint density at radius 2 is 1.71 bits per heavy atom. The molecular weight excluding hydrogens is 312 g/mol. The number of hydrogen-bond acceptors (Lipinski definition) is 5. The second-order valence-corrected chi connectivity index (χ2v) is 5.78. The average molecular weight is 334 g/mol. The van der Waals surface area contributed by atoms with Crippen LogP contribution in [0.3, 0.4) is 0 Å². The highest BCUT2D eigenvalue weighted by molar-refractivity contribution is 5.89. The van der Waals surface area contributed by atoms with Crippen LogP contribution in [-0.4, -0.2) is 40.4 Å². The summed E-state index contributed by atoms with van der Waals surface area (Å²) in [6.45, 7) is 7.27. The number of carbonyl (C=O) groups excluding carboxylic acids is 2. The van der Waals surface area contributed by atoms with E-state index in [0.717, 1.165) is 0 Å². The third-order valence-corrected chi connectivity index (χ3v) is 3.25.